The summed E-state index contributed by atoms with van der Waals surface area (Å²) in [5.41, 5.74) is 0. The molecular formula is C9H11BrF3N3O. The Morgan fingerprint density at radius 2 is 2.12 bits per heavy atom. The highest BCUT2D eigenvalue weighted by atomic mass is 79.9. The molecule has 0 spiro atoms. The predicted octanol–water partition coefficient (Wildman–Crippen LogP) is 2.64. The molecule has 0 radical (unpaired) electrons. The summed E-state index contributed by atoms with van der Waals surface area (Å²) in [6.07, 6.45) is -3.66. The van der Waals surface area contributed by atoms with E-state index in [2.05, 4.69) is 25.9 Å². The number of hydrogen-bond donors (Lipinski definition) is 0. The number of hydrogen-bond acceptors (Lipinski definition) is 4. The molecule has 0 bridgehead atoms. The van der Waals surface area contributed by atoms with Crippen molar-refractivity contribution in [3.05, 3.63) is 10.7 Å². The van der Waals surface area contributed by atoms with E-state index in [4.69, 9.17) is 4.74 Å². The first kappa shape index (κ1) is 14.0. The molecule has 96 valence electrons. The van der Waals surface area contributed by atoms with Crippen LogP contribution in [-0.2, 0) is 0 Å². The lowest BCUT2D eigenvalue weighted by molar-refractivity contribution is -0.132. The minimum atomic E-state index is -4.19. The zero-order chi connectivity index (χ0) is 13.1. The van der Waals surface area contributed by atoms with Gasteiger partial charge in [-0.1, -0.05) is 0 Å². The van der Waals surface area contributed by atoms with Gasteiger partial charge in [0.2, 0.25) is 11.8 Å². The highest BCUT2D eigenvalue weighted by Crippen LogP contribution is 2.24. The Labute approximate surface area is 105 Å². The van der Waals surface area contributed by atoms with E-state index >= 15 is 0 Å². The zero-order valence-electron chi connectivity index (χ0n) is 9.25. The van der Waals surface area contributed by atoms with E-state index in [1.807, 2.05) is 0 Å². The fourth-order valence-corrected chi connectivity index (χ4v) is 1.42. The molecule has 0 aliphatic carbocycles. The van der Waals surface area contributed by atoms with Crippen molar-refractivity contribution in [2.45, 2.75) is 12.6 Å². The number of anilines is 1. The average molecular weight is 314 g/mol. The van der Waals surface area contributed by atoms with Crippen molar-refractivity contribution in [3.8, 4) is 5.88 Å². The third kappa shape index (κ3) is 4.37. The standard InChI is InChI=1S/C9H11BrF3N3O/c1-16(4-3-9(11,12)13)8-14-5-6(10)7(15-8)17-2/h5H,3-4H2,1-2H3. The van der Waals surface area contributed by atoms with Crippen LogP contribution in [0, 0.1) is 0 Å². The van der Waals surface area contributed by atoms with E-state index < -0.39 is 12.6 Å². The molecule has 1 aromatic heterocycles. The average Bonchev–Trinajstić information content (AvgIpc) is 2.25. The maximum Gasteiger partial charge on any atom is 0.390 e. The number of alkyl halides is 3. The summed E-state index contributed by atoms with van der Waals surface area (Å²) < 4.78 is 41.6. The molecule has 0 fully saturated rings. The Hall–Kier alpha value is -1.05. The predicted molar refractivity (Wildman–Crippen MR) is 60.2 cm³/mol. The van der Waals surface area contributed by atoms with Gasteiger partial charge in [0.15, 0.2) is 0 Å². The molecule has 0 unspecified atom stereocenters. The van der Waals surface area contributed by atoms with Gasteiger partial charge in [0.1, 0.15) is 0 Å². The molecule has 0 aromatic carbocycles. The van der Waals surface area contributed by atoms with E-state index in [1.165, 1.54) is 25.3 Å². The quantitative estimate of drug-likeness (QED) is 0.856. The zero-order valence-corrected chi connectivity index (χ0v) is 10.8. The molecule has 1 aromatic rings. The lowest BCUT2D eigenvalue weighted by Crippen LogP contribution is -2.25. The summed E-state index contributed by atoms with van der Waals surface area (Å²) in [7, 11) is 2.92. The first-order valence-electron chi connectivity index (χ1n) is 4.68. The summed E-state index contributed by atoms with van der Waals surface area (Å²) in [4.78, 5) is 9.20. The van der Waals surface area contributed by atoms with Gasteiger partial charge in [-0.15, -0.1) is 0 Å². The molecular weight excluding hydrogens is 303 g/mol. The Morgan fingerprint density at radius 3 is 2.65 bits per heavy atom. The highest BCUT2D eigenvalue weighted by Gasteiger charge is 2.27. The monoisotopic (exact) mass is 313 g/mol. The normalized spacial score (nSPS) is 11.4. The molecule has 0 atom stereocenters. The van der Waals surface area contributed by atoms with Crippen LogP contribution in [0.1, 0.15) is 6.42 Å². The molecule has 1 rings (SSSR count). The topological polar surface area (TPSA) is 38.2 Å². The summed E-state index contributed by atoms with van der Waals surface area (Å²) in [5, 5.41) is 0. The van der Waals surface area contributed by atoms with Crippen molar-refractivity contribution in [1.29, 1.82) is 0 Å². The van der Waals surface area contributed by atoms with Crippen LogP contribution in [0.15, 0.2) is 10.7 Å². The van der Waals surface area contributed by atoms with Gasteiger partial charge in [-0.2, -0.15) is 18.2 Å². The van der Waals surface area contributed by atoms with Crippen molar-refractivity contribution in [2.24, 2.45) is 0 Å². The Kier molecular flexibility index (Phi) is 4.55. The smallest absolute Gasteiger partial charge is 0.390 e. The van der Waals surface area contributed by atoms with Gasteiger partial charge in [0, 0.05) is 13.6 Å². The molecule has 4 nitrogen and oxygen atoms in total. The number of ether oxygens (including phenoxy) is 1. The van der Waals surface area contributed by atoms with E-state index in [0.29, 0.717) is 4.47 Å². The fourth-order valence-electron chi connectivity index (χ4n) is 1.06. The summed E-state index contributed by atoms with van der Waals surface area (Å²) in [6.45, 7) is -0.200. The summed E-state index contributed by atoms with van der Waals surface area (Å²) >= 11 is 3.16. The van der Waals surface area contributed by atoms with Gasteiger partial charge in [-0.05, 0) is 15.9 Å². The van der Waals surface area contributed by atoms with E-state index in [9.17, 15) is 13.2 Å². The molecule has 17 heavy (non-hydrogen) atoms. The van der Waals surface area contributed by atoms with Crippen LogP contribution < -0.4 is 9.64 Å². The molecule has 0 aliphatic rings. The lowest BCUT2D eigenvalue weighted by Gasteiger charge is -2.18. The second kappa shape index (κ2) is 5.52. The number of rotatable bonds is 4. The van der Waals surface area contributed by atoms with Gasteiger partial charge in [0.05, 0.1) is 24.2 Å². The molecule has 0 amide bonds. The minimum Gasteiger partial charge on any atom is -0.480 e. The maximum atomic E-state index is 12.0. The van der Waals surface area contributed by atoms with Gasteiger partial charge >= 0.3 is 6.18 Å². The molecule has 8 heteroatoms. The van der Waals surface area contributed by atoms with Crippen molar-refractivity contribution in [2.75, 3.05) is 25.6 Å². The van der Waals surface area contributed by atoms with Crippen LogP contribution in [0.2, 0.25) is 0 Å². The second-order valence-corrected chi connectivity index (χ2v) is 4.17. The van der Waals surface area contributed by atoms with Crippen LogP contribution >= 0.6 is 15.9 Å². The Balaban J connectivity index is 2.72. The van der Waals surface area contributed by atoms with Gasteiger partial charge < -0.3 is 9.64 Å². The second-order valence-electron chi connectivity index (χ2n) is 3.31. The molecule has 1 heterocycles. The van der Waals surface area contributed by atoms with Crippen molar-refractivity contribution in [1.82, 2.24) is 9.97 Å². The number of methoxy groups -OCH3 is 1. The van der Waals surface area contributed by atoms with E-state index in [-0.39, 0.29) is 18.4 Å². The van der Waals surface area contributed by atoms with Crippen molar-refractivity contribution in [3.63, 3.8) is 0 Å². The van der Waals surface area contributed by atoms with Crippen LogP contribution in [0.4, 0.5) is 19.1 Å². The third-order valence-corrected chi connectivity index (χ3v) is 2.51. The lowest BCUT2D eigenvalue weighted by atomic mass is 10.4. The van der Waals surface area contributed by atoms with Crippen LogP contribution in [-0.4, -0.2) is 36.8 Å². The molecule has 0 saturated carbocycles. The fraction of sp³-hybridized carbons (Fsp3) is 0.556. The van der Waals surface area contributed by atoms with Crippen LogP contribution in [0.25, 0.3) is 0 Å². The molecule has 0 aliphatic heterocycles. The minimum absolute atomic E-state index is 0.189. The van der Waals surface area contributed by atoms with E-state index in [1.54, 1.807) is 0 Å². The highest BCUT2D eigenvalue weighted by molar-refractivity contribution is 9.10. The maximum absolute atomic E-state index is 12.0. The molecule has 0 N–H and O–H groups in total. The summed E-state index contributed by atoms with van der Waals surface area (Å²) in [6, 6.07) is 0. The van der Waals surface area contributed by atoms with E-state index in [0.717, 1.165) is 0 Å². The summed E-state index contributed by atoms with van der Waals surface area (Å²) in [5.74, 6) is 0.475. The number of halogens is 4. The van der Waals surface area contributed by atoms with Crippen LogP contribution in [0.3, 0.4) is 0 Å². The first-order chi connectivity index (χ1) is 7.83. The van der Waals surface area contributed by atoms with Crippen LogP contribution in [0.5, 0.6) is 5.88 Å². The Morgan fingerprint density at radius 1 is 1.47 bits per heavy atom. The first-order valence-corrected chi connectivity index (χ1v) is 5.47. The van der Waals surface area contributed by atoms with Crippen molar-refractivity contribution >= 4 is 21.9 Å². The third-order valence-electron chi connectivity index (χ3n) is 1.96. The SMILES string of the molecule is COc1nc(N(C)CCC(F)(F)F)ncc1Br. The van der Waals surface area contributed by atoms with Crippen molar-refractivity contribution < 1.29 is 17.9 Å². The largest absolute Gasteiger partial charge is 0.480 e. The molecule has 0 saturated heterocycles. The Bertz CT molecular complexity index is 386. The van der Waals surface area contributed by atoms with Gasteiger partial charge in [-0.25, -0.2) is 4.98 Å². The number of aromatic nitrogens is 2. The van der Waals surface area contributed by atoms with Gasteiger partial charge in [-0.3, -0.25) is 0 Å². The van der Waals surface area contributed by atoms with Gasteiger partial charge in [0.25, 0.3) is 0 Å². The number of nitrogens with zero attached hydrogens (tertiary/aromatic N) is 3.